The zero-order valence-corrected chi connectivity index (χ0v) is 14.5. The fourth-order valence-electron chi connectivity index (χ4n) is 3.50. The van der Waals surface area contributed by atoms with Crippen molar-refractivity contribution in [1.82, 2.24) is 4.90 Å². The van der Waals surface area contributed by atoms with Crippen molar-refractivity contribution in [3.05, 3.63) is 39.6 Å². The van der Waals surface area contributed by atoms with Gasteiger partial charge < -0.3 is 14.2 Å². The minimum Gasteiger partial charge on any atom is -0.492 e. The van der Waals surface area contributed by atoms with Gasteiger partial charge in [-0.2, -0.15) is 0 Å². The molecule has 0 amide bonds. The first-order valence-electron chi connectivity index (χ1n) is 7.95. The summed E-state index contributed by atoms with van der Waals surface area (Å²) in [4.78, 5) is 15.7. The average Bonchev–Trinajstić information content (AvgIpc) is 3.26. The Kier molecular flexibility index (Phi) is 3.94. The number of carbonyl (C=O) groups excluding carboxylic acids is 1. The lowest BCUT2D eigenvalue weighted by Gasteiger charge is -2.35. The first kappa shape index (κ1) is 15.5. The number of Topliss-reactive ketones (excluding diaryl/α,β-unsaturated/α-hetero) is 1. The van der Waals surface area contributed by atoms with Crippen molar-refractivity contribution in [2.24, 2.45) is 0 Å². The van der Waals surface area contributed by atoms with Crippen LogP contribution in [0.15, 0.2) is 23.6 Å². The summed E-state index contributed by atoms with van der Waals surface area (Å²) in [5.41, 5.74) is 2.23. The molecule has 1 aromatic carbocycles. The molecule has 2 aliphatic rings. The quantitative estimate of drug-likeness (QED) is 0.796. The lowest BCUT2D eigenvalue weighted by Crippen LogP contribution is -2.34. The van der Waals surface area contributed by atoms with Crippen LogP contribution >= 0.6 is 11.3 Å². The third-order valence-electron chi connectivity index (χ3n) is 4.72. The van der Waals surface area contributed by atoms with Crippen LogP contribution in [0.25, 0.3) is 0 Å². The van der Waals surface area contributed by atoms with Crippen LogP contribution in [0.1, 0.15) is 33.3 Å². The summed E-state index contributed by atoms with van der Waals surface area (Å²) in [6.07, 6.45) is 1.34. The van der Waals surface area contributed by atoms with Crippen molar-refractivity contribution in [1.29, 1.82) is 0 Å². The molecule has 3 heterocycles. The maximum absolute atomic E-state index is 12.6. The molecule has 0 saturated carbocycles. The predicted molar refractivity (Wildman–Crippen MR) is 91.5 cm³/mol. The van der Waals surface area contributed by atoms with Crippen LogP contribution in [0.2, 0.25) is 0 Å². The van der Waals surface area contributed by atoms with Gasteiger partial charge in [0.15, 0.2) is 17.3 Å². The van der Waals surface area contributed by atoms with E-state index in [1.165, 1.54) is 16.9 Å². The van der Waals surface area contributed by atoms with Gasteiger partial charge in [-0.25, -0.2) is 0 Å². The molecular weight excluding hydrogens is 326 g/mol. The Hall–Kier alpha value is -2.05. The van der Waals surface area contributed by atoms with Crippen molar-refractivity contribution in [3.63, 3.8) is 0 Å². The highest BCUT2D eigenvalue weighted by atomic mass is 32.1. The number of rotatable bonds is 4. The predicted octanol–water partition coefficient (Wildman–Crippen LogP) is 3.29. The number of ether oxygens (including phenoxy) is 3. The van der Waals surface area contributed by atoms with Gasteiger partial charge in [0, 0.05) is 24.6 Å². The number of methoxy groups -OCH3 is 1. The van der Waals surface area contributed by atoms with Gasteiger partial charge in [0.25, 0.3) is 0 Å². The Morgan fingerprint density at radius 2 is 2.33 bits per heavy atom. The van der Waals surface area contributed by atoms with Crippen molar-refractivity contribution < 1.29 is 19.0 Å². The van der Waals surface area contributed by atoms with Crippen molar-refractivity contribution in [2.45, 2.75) is 18.9 Å². The molecule has 1 unspecified atom stereocenters. The normalized spacial score (nSPS) is 19.2. The van der Waals surface area contributed by atoms with Gasteiger partial charge in [0.2, 0.25) is 12.5 Å². The van der Waals surface area contributed by atoms with Crippen LogP contribution in [0.5, 0.6) is 17.2 Å². The fourth-order valence-corrected chi connectivity index (χ4v) is 4.17. The van der Waals surface area contributed by atoms with E-state index in [1.807, 2.05) is 23.6 Å². The number of thiophene rings is 1. The Bertz CT molecular complexity index is 772. The highest BCUT2D eigenvalue weighted by Gasteiger charge is 2.35. The number of benzene rings is 1. The van der Waals surface area contributed by atoms with Gasteiger partial charge in [-0.1, -0.05) is 6.07 Å². The molecule has 1 atom stereocenters. The summed E-state index contributed by atoms with van der Waals surface area (Å²) in [5, 5.41) is 1.93. The summed E-state index contributed by atoms with van der Waals surface area (Å²) in [7, 11) is 3.70. The van der Waals surface area contributed by atoms with E-state index in [2.05, 4.69) is 11.9 Å². The molecule has 0 aliphatic carbocycles. The standard InChI is InChI=1S/C18H19NO4S/c1-19-6-5-11-8-14-17(23-10-22-14)18(21-2)16(11)12(19)9-13(20)15-4-3-7-24-15/h3-4,7-8,12H,5-6,9-10H2,1-2H3. The van der Waals surface area contributed by atoms with E-state index in [0.29, 0.717) is 17.9 Å². The Labute approximate surface area is 144 Å². The topological polar surface area (TPSA) is 48.0 Å². The van der Waals surface area contributed by atoms with Crippen LogP contribution in [-0.4, -0.2) is 38.2 Å². The van der Waals surface area contributed by atoms with Gasteiger partial charge in [-0.05, 0) is 36.5 Å². The average molecular weight is 345 g/mol. The fraction of sp³-hybridized carbons (Fsp3) is 0.389. The van der Waals surface area contributed by atoms with Gasteiger partial charge in [-0.15, -0.1) is 11.3 Å². The molecular formula is C18H19NO4S. The zero-order valence-electron chi connectivity index (χ0n) is 13.7. The molecule has 2 aliphatic heterocycles. The second kappa shape index (κ2) is 6.11. The van der Waals surface area contributed by atoms with Crippen LogP contribution in [0.4, 0.5) is 0 Å². The number of hydrogen-bond acceptors (Lipinski definition) is 6. The Balaban J connectivity index is 1.75. The molecule has 0 fully saturated rings. The third kappa shape index (κ3) is 2.46. The number of nitrogens with zero attached hydrogens (tertiary/aromatic N) is 1. The van der Waals surface area contributed by atoms with E-state index < -0.39 is 0 Å². The minimum atomic E-state index is -0.0206. The number of hydrogen-bond donors (Lipinski definition) is 0. The van der Waals surface area contributed by atoms with E-state index in [1.54, 1.807) is 7.11 Å². The van der Waals surface area contributed by atoms with Gasteiger partial charge in [0.05, 0.1) is 12.0 Å². The zero-order chi connectivity index (χ0) is 16.7. The molecule has 0 spiro atoms. The van der Waals surface area contributed by atoms with Gasteiger partial charge in [-0.3, -0.25) is 9.69 Å². The van der Waals surface area contributed by atoms with Gasteiger partial charge >= 0.3 is 0 Å². The van der Waals surface area contributed by atoms with Crippen molar-refractivity contribution in [3.8, 4) is 17.2 Å². The highest BCUT2D eigenvalue weighted by Crippen LogP contribution is 2.50. The first-order chi connectivity index (χ1) is 11.7. The number of fused-ring (bicyclic) bond motifs is 2. The van der Waals surface area contributed by atoms with Crippen molar-refractivity contribution in [2.75, 3.05) is 27.5 Å². The molecule has 24 heavy (non-hydrogen) atoms. The maximum Gasteiger partial charge on any atom is 0.231 e. The van der Waals surface area contributed by atoms with E-state index in [9.17, 15) is 4.79 Å². The van der Waals surface area contributed by atoms with E-state index in [0.717, 1.165) is 29.2 Å². The smallest absolute Gasteiger partial charge is 0.231 e. The molecule has 0 bridgehead atoms. The molecule has 5 nitrogen and oxygen atoms in total. The minimum absolute atomic E-state index is 0.0206. The molecule has 4 rings (SSSR count). The molecule has 0 N–H and O–H groups in total. The van der Waals surface area contributed by atoms with Gasteiger partial charge in [0.1, 0.15) is 0 Å². The molecule has 0 saturated heterocycles. The Morgan fingerprint density at radius 3 is 3.08 bits per heavy atom. The molecule has 6 heteroatoms. The summed E-state index contributed by atoms with van der Waals surface area (Å²) < 4.78 is 16.8. The van der Waals surface area contributed by atoms with E-state index in [4.69, 9.17) is 14.2 Å². The van der Waals surface area contributed by atoms with Crippen LogP contribution in [-0.2, 0) is 6.42 Å². The lowest BCUT2D eigenvalue weighted by molar-refractivity contribution is 0.0929. The van der Waals surface area contributed by atoms with E-state index >= 15 is 0 Å². The first-order valence-corrected chi connectivity index (χ1v) is 8.83. The molecule has 126 valence electrons. The van der Waals surface area contributed by atoms with Crippen molar-refractivity contribution >= 4 is 17.1 Å². The van der Waals surface area contributed by atoms with Crippen LogP contribution in [0, 0.1) is 0 Å². The number of ketones is 1. The number of carbonyl (C=O) groups is 1. The summed E-state index contributed by atoms with van der Waals surface area (Å²) in [5.74, 6) is 2.25. The molecule has 1 aromatic heterocycles. The maximum atomic E-state index is 12.6. The molecule has 2 aromatic rings. The largest absolute Gasteiger partial charge is 0.492 e. The van der Waals surface area contributed by atoms with E-state index in [-0.39, 0.29) is 18.6 Å². The van der Waals surface area contributed by atoms with Crippen LogP contribution in [0.3, 0.4) is 0 Å². The second-order valence-corrected chi connectivity index (χ2v) is 7.02. The number of likely N-dealkylation sites (N-methyl/N-ethyl adjacent to an activating group) is 1. The summed E-state index contributed by atoms with van der Waals surface area (Å²) in [6, 6.07) is 5.81. The highest BCUT2D eigenvalue weighted by molar-refractivity contribution is 7.12. The molecule has 0 radical (unpaired) electrons. The third-order valence-corrected chi connectivity index (χ3v) is 5.63. The summed E-state index contributed by atoms with van der Waals surface area (Å²) >= 11 is 1.49. The Morgan fingerprint density at radius 1 is 1.46 bits per heavy atom. The summed E-state index contributed by atoms with van der Waals surface area (Å²) in [6.45, 7) is 1.11. The monoisotopic (exact) mass is 345 g/mol. The lowest BCUT2D eigenvalue weighted by atomic mass is 9.88. The SMILES string of the molecule is COc1c2c(cc3c1C(CC(=O)c1cccs1)N(C)CC3)OCO2. The van der Waals surface area contributed by atoms with Crippen LogP contribution < -0.4 is 14.2 Å². The second-order valence-electron chi connectivity index (χ2n) is 6.07.